The molecule has 1 N–H and O–H groups in total. The van der Waals surface area contributed by atoms with Crippen LogP contribution in [0.15, 0.2) is 72.9 Å². The second-order valence-corrected chi connectivity index (χ2v) is 6.41. The summed E-state index contributed by atoms with van der Waals surface area (Å²) in [5.41, 5.74) is 2.75. The van der Waals surface area contributed by atoms with Crippen molar-refractivity contribution in [3.8, 4) is 0 Å². The van der Waals surface area contributed by atoms with E-state index in [-0.39, 0.29) is 17.8 Å². The van der Waals surface area contributed by atoms with Gasteiger partial charge in [0.25, 0.3) is 0 Å². The minimum atomic E-state index is -0.293. The first kappa shape index (κ1) is 18.6. The van der Waals surface area contributed by atoms with Crippen molar-refractivity contribution in [1.82, 2.24) is 4.98 Å². The molecular weight excluding hydrogens is 341 g/mol. The monoisotopic (exact) mass is 363 g/mol. The molecule has 1 amide bonds. The number of anilines is 2. The third-order valence-electron chi connectivity index (χ3n) is 4.35. The minimum absolute atomic E-state index is 0.0804. The zero-order valence-corrected chi connectivity index (χ0v) is 15.4. The van der Waals surface area contributed by atoms with Crippen molar-refractivity contribution in [3.63, 3.8) is 0 Å². The van der Waals surface area contributed by atoms with E-state index < -0.39 is 0 Å². The Morgan fingerprint density at radius 1 is 1.11 bits per heavy atom. The van der Waals surface area contributed by atoms with Crippen molar-refractivity contribution < 1.29 is 9.18 Å². The van der Waals surface area contributed by atoms with Crippen molar-refractivity contribution in [2.75, 3.05) is 10.2 Å². The van der Waals surface area contributed by atoms with Crippen molar-refractivity contribution in [3.05, 3.63) is 89.9 Å². The SMILES string of the molecule is CC(=O)N(Cc1ccc(F)cc1)c1ccnc(N[C@@H](C)c2ccccc2)c1. The lowest BCUT2D eigenvalue weighted by Crippen LogP contribution is -2.28. The van der Waals surface area contributed by atoms with E-state index in [0.29, 0.717) is 12.4 Å². The lowest BCUT2D eigenvalue weighted by Gasteiger charge is -2.22. The molecule has 0 spiro atoms. The number of aromatic nitrogens is 1. The van der Waals surface area contributed by atoms with Gasteiger partial charge in [-0.2, -0.15) is 0 Å². The Labute approximate surface area is 158 Å². The molecule has 3 rings (SSSR count). The Hall–Kier alpha value is -3.21. The van der Waals surface area contributed by atoms with E-state index in [2.05, 4.69) is 29.4 Å². The van der Waals surface area contributed by atoms with Gasteiger partial charge in [-0.1, -0.05) is 42.5 Å². The molecule has 0 unspecified atom stereocenters. The number of pyridine rings is 1. The minimum Gasteiger partial charge on any atom is -0.363 e. The summed E-state index contributed by atoms with van der Waals surface area (Å²) in [6.07, 6.45) is 1.68. The summed E-state index contributed by atoms with van der Waals surface area (Å²) in [4.78, 5) is 18.2. The third kappa shape index (κ3) is 4.91. The Morgan fingerprint density at radius 3 is 2.48 bits per heavy atom. The van der Waals surface area contributed by atoms with Crippen LogP contribution in [-0.2, 0) is 11.3 Å². The highest BCUT2D eigenvalue weighted by Crippen LogP contribution is 2.23. The molecule has 1 heterocycles. The summed E-state index contributed by atoms with van der Waals surface area (Å²) in [6.45, 7) is 3.95. The number of nitrogens with zero attached hydrogens (tertiary/aromatic N) is 2. The zero-order chi connectivity index (χ0) is 19.2. The summed E-state index contributed by atoms with van der Waals surface area (Å²) in [7, 11) is 0. The standard InChI is InChI=1S/C22H22FN3O/c1-16(19-6-4-3-5-7-19)25-22-14-21(12-13-24-22)26(17(2)27)15-18-8-10-20(23)11-9-18/h3-14,16H,15H2,1-2H3,(H,24,25)/t16-/m0/s1. The predicted octanol–water partition coefficient (Wildman–Crippen LogP) is 4.95. The molecule has 0 radical (unpaired) electrons. The van der Waals surface area contributed by atoms with Gasteiger partial charge in [-0.3, -0.25) is 4.79 Å². The summed E-state index contributed by atoms with van der Waals surface area (Å²) in [5.74, 6) is 0.306. The van der Waals surface area contributed by atoms with Crippen molar-refractivity contribution in [1.29, 1.82) is 0 Å². The van der Waals surface area contributed by atoms with E-state index in [9.17, 15) is 9.18 Å². The molecule has 5 heteroatoms. The fourth-order valence-corrected chi connectivity index (χ4v) is 2.87. The maximum atomic E-state index is 13.1. The fraction of sp³-hybridized carbons (Fsp3) is 0.182. The molecule has 0 saturated carbocycles. The first-order valence-electron chi connectivity index (χ1n) is 8.83. The van der Waals surface area contributed by atoms with Gasteiger partial charge in [-0.05, 0) is 36.2 Å². The van der Waals surface area contributed by atoms with Crippen molar-refractivity contribution in [2.45, 2.75) is 26.4 Å². The molecule has 4 nitrogen and oxygen atoms in total. The molecule has 138 valence electrons. The van der Waals surface area contributed by atoms with Gasteiger partial charge >= 0.3 is 0 Å². The number of hydrogen-bond acceptors (Lipinski definition) is 3. The van der Waals surface area contributed by atoms with Gasteiger partial charge in [-0.15, -0.1) is 0 Å². The van der Waals surface area contributed by atoms with Gasteiger partial charge in [0.15, 0.2) is 0 Å². The van der Waals surface area contributed by atoms with Gasteiger partial charge in [0.1, 0.15) is 11.6 Å². The van der Waals surface area contributed by atoms with E-state index in [0.717, 1.165) is 16.8 Å². The smallest absolute Gasteiger partial charge is 0.224 e. The molecule has 0 saturated heterocycles. The summed E-state index contributed by atoms with van der Waals surface area (Å²) in [5, 5.41) is 3.37. The number of nitrogens with one attached hydrogen (secondary N) is 1. The number of carbonyl (C=O) groups is 1. The molecule has 0 aliphatic carbocycles. The van der Waals surface area contributed by atoms with Crippen LogP contribution in [0.2, 0.25) is 0 Å². The summed E-state index contributed by atoms with van der Waals surface area (Å²) in [6, 6.07) is 20.0. The van der Waals surface area contributed by atoms with E-state index in [1.54, 1.807) is 29.3 Å². The molecule has 1 aromatic heterocycles. The first-order valence-corrected chi connectivity index (χ1v) is 8.83. The van der Waals surface area contributed by atoms with Gasteiger partial charge in [-0.25, -0.2) is 9.37 Å². The highest BCUT2D eigenvalue weighted by atomic mass is 19.1. The Kier molecular flexibility index (Phi) is 5.81. The Bertz CT molecular complexity index is 897. The predicted molar refractivity (Wildman–Crippen MR) is 106 cm³/mol. The molecule has 1 atom stereocenters. The number of rotatable bonds is 6. The summed E-state index contributed by atoms with van der Waals surface area (Å²) >= 11 is 0. The second-order valence-electron chi connectivity index (χ2n) is 6.41. The zero-order valence-electron chi connectivity index (χ0n) is 15.4. The molecular formula is C22H22FN3O. The second kappa shape index (κ2) is 8.45. The van der Waals surface area contributed by atoms with Crippen LogP contribution in [-0.4, -0.2) is 10.9 Å². The lowest BCUT2D eigenvalue weighted by molar-refractivity contribution is -0.116. The van der Waals surface area contributed by atoms with Gasteiger partial charge in [0, 0.05) is 30.9 Å². The van der Waals surface area contributed by atoms with Crippen LogP contribution in [0.3, 0.4) is 0 Å². The number of benzene rings is 2. The fourth-order valence-electron chi connectivity index (χ4n) is 2.87. The van der Waals surface area contributed by atoms with E-state index in [4.69, 9.17) is 0 Å². The Morgan fingerprint density at radius 2 is 1.81 bits per heavy atom. The molecule has 3 aromatic rings. The molecule has 0 fully saturated rings. The quantitative estimate of drug-likeness (QED) is 0.674. The van der Waals surface area contributed by atoms with Gasteiger partial charge in [0.05, 0.1) is 6.54 Å². The van der Waals surface area contributed by atoms with E-state index >= 15 is 0 Å². The average molecular weight is 363 g/mol. The average Bonchev–Trinajstić information content (AvgIpc) is 2.68. The number of carbonyl (C=O) groups excluding carboxylic acids is 1. The van der Waals surface area contributed by atoms with Crippen LogP contribution in [0.4, 0.5) is 15.9 Å². The van der Waals surface area contributed by atoms with E-state index in [1.165, 1.54) is 19.1 Å². The van der Waals surface area contributed by atoms with Crippen molar-refractivity contribution >= 4 is 17.4 Å². The van der Waals surface area contributed by atoms with Crippen LogP contribution < -0.4 is 10.2 Å². The summed E-state index contributed by atoms with van der Waals surface area (Å²) < 4.78 is 13.1. The maximum absolute atomic E-state index is 13.1. The van der Waals surface area contributed by atoms with Gasteiger partial charge < -0.3 is 10.2 Å². The largest absolute Gasteiger partial charge is 0.363 e. The van der Waals surface area contributed by atoms with Crippen LogP contribution in [0, 0.1) is 5.82 Å². The van der Waals surface area contributed by atoms with Crippen LogP contribution >= 0.6 is 0 Å². The molecule has 0 aliphatic heterocycles. The van der Waals surface area contributed by atoms with Crippen LogP contribution in [0.1, 0.15) is 31.0 Å². The number of amides is 1. The molecule has 0 aliphatic rings. The van der Waals surface area contributed by atoms with Crippen LogP contribution in [0.5, 0.6) is 0 Å². The molecule has 2 aromatic carbocycles. The molecule has 27 heavy (non-hydrogen) atoms. The number of hydrogen-bond donors (Lipinski definition) is 1. The lowest BCUT2D eigenvalue weighted by atomic mass is 10.1. The molecule has 0 bridgehead atoms. The normalized spacial score (nSPS) is 11.7. The topological polar surface area (TPSA) is 45.2 Å². The Balaban J connectivity index is 1.79. The third-order valence-corrected chi connectivity index (χ3v) is 4.35. The van der Waals surface area contributed by atoms with Crippen molar-refractivity contribution in [2.24, 2.45) is 0 Å². The highest BCUT2D eigenvalue weighted by Gasteiger charge is 2.14. The maximum Gasteiger partial charge on any atom is 0.224 e. The van der Waals surface area contributed by atoms with Gasteiger partial charge in [0.2, 0.25) is 5.91 Å². The van der Waals surface area contributed by atoms with Crippen LogP contribution in [0.25, 0.3) is 0 Å². The first-order chi connectivity index (χ1) is 13.0. The van der Waals surface area contributed by atoms with E-state index in [1.807, 2.05) is 24.3 Å². The number of halogens is 1. The highest BCUT2D eigenvalue weighted by molar-refractivity contribution is 5.91.